The molecule has 0 N–H and O–H groups in total. The third kappa shape index (κ3) is 1.37. The molecular weight excluding hydrogens is 198 g/mol. The second-order valence-corrected chi connectivity index (χ2v) is 4.65. The molecule has 0 bridgehead atoms. The van der Waals surface area contributed by atoms with Gasteiger partial charge in [0.05, 0.1) is 0 Å². The van der Waals surface area contributed by atoms with E-state index in [2.05, 4.69) is 36.1 Å². The van der Waals surface area contributed by atoms with E-state index in [-0.39, 0.29) is 0 Å². The van der Waals surface area contributed by atoms with Crippen molar-refractivity contribution in [3.8, 4) is 0 Å². The van der Waals surface area contributed by atoms with E-state index >= 15 is 0 Å². The fourth-order valence-electron chi connectivity index (χ4n) is 2.70. The summed E-state index contributed by atoms with van der Waals surface area (Å²) in [6.45, 7) is 3.00. The van der Waals surface area contributed by atoms with Gasteiger partial charge in [-0.2, -0.15) is 0 Å². The Hall–Kier alpha value is -1.57. The fourth-order valence-corrected chi connectivity index (χ4v) is 2.70. The first-order valence-corrected chi connectivity index (χ1v) is 5.81. The van der Waals surface area contributed by atoms with E-state index < -0.39 is 0 Å². The number of ketones is 1. The molecule has 0 spiro atoms. The highest BCUT2D eigenvalue weighted by atomic mass is 16.1. The van der Waals surface area contributed by atoms with Gasteiger partial charge in [0.1, 0.15) is 5.78 Å². The lowest BCUT2D eigenvalue weighted by Crippen LogP contribution is -2.35. The first-order chi connectivity index (χ1) is 7.75. The molecule has 82 valence electrons. The van der Waals surface area contributed by atoms with Crippen molar-refractivity contribution in [2.24, 2.45) is 0 Å². The van der Waals surface area contributed by atoms with Crippen molar-refractivity contribution in [3.05, 3.63) is 41.1 Å². The third-order valence-electron chi connectivity index (χ3n) is 3.54. The maximum Gasteiger partial charge on any atom is 0.140 e. The number of piperidine rings is 1. The topological polar surface area (TPSA) is 20.3 Å². The highest BCUT2D eigenvalue weighted by Gasteiger charge is 2.28. The first-order valence-electron chi connectivity index (χ1n) is 5.81. The van der Waals surface area contributed by atoms with Crippen LogP contribution >= 0.6 is 0 Å². The van der Waals surface area contributed by atoms with Crippen molar-refractivity contribution >= 4 is 11.5 Å². The van der Waals surface area contributed by atoms with E-state index in [4.69, 9.17) is 0 Å². The number of para-hydroxylation sites is 1. The summed E-state index contributed by atoms with van der Waals surface area (Å²) in [4.78, 5) is 13.8. The van der Waals surface area contributed by atoms with E-state index in [1.165, 1.54) is 22.5 Å². The molecule has 0 aliphatic carbocycles. The lowest BCUT2D eigenvalue weighted by molar-refractivity contribution is -0.118. The number of allylic oxidation sites excluding steroid dienone is 2. The SMILES string of the molecule is CC1=C2CC(=O)CCN2c2ccccc2C1. The predicted molar refractivity (Wildman–Crippen MR) is 64.4 cm³/mol. The van der Waals surface area contributed by atoms with Crippen LogP contribution in [0.3, 0.4) is 0 Å². The number of rotatable bonds is 0. The van der Waals surface area contributed by atoms with E-state index in [0.717, 1.165) is 13.0 Å². The number of hydrogen-bond donors (Lipinski definition) is 0. The summed E-state index contributed by atoms with van der Waals surface area (Å²) in [5, 5.41) is 0. The average molecular weight is 213 g/mol. The Labute approximate surface area is 95.6 Å². The molecule has 2 aliphatic heterocycles. The van der Waals surface area contributed by atoms with Crippen molar-refractivity contribution in [1.82, 2.24) is 0 Å². The molecule has 2 heteroatoms. The molecule has 0 amide bonds. The number of anilines is 1. The molecule has 0 aromatic heterocycles. The van der Waals surface area contributed by atoms with Crippen LogP contribution in [0.2, 0.25) is 0 Å². The lowest BCUT2D eigenvalue weighted by Gasteiger charge is -2.37. The molecule has 1 aromatic carbocycles. The molecule has 0 atom stereocenters. The largest absolute Gasteiger partial charge is 0.344 e. The van der Waals surface area contributed by atoms with Crippen LogP contribution in [0.15, 0.2) is 35.5 Å². The van der Waals surface area contributed by atoms with Gasteiger partial charge in [0, 0.05) is 30.8 Å². The van der Waals surface area contributed by atoms with Crippen LogP contribution in [0.25, 0.3) is 0 Å². The summed E-state index contributed by atoms with van der Waals surface area (Å²) < 4.78 is 0. The lowest BCUT2D eigenvalue weighted by atomic mass is 9.91. The van der Waals surface area contributed by atoms with Crippen molar-refractivity contribution in [3.63, 3.8) is 0 Å². The first kappa shape index (κ1) is 9.64. The standard InChI is InChI=1S/C14H15NO/c1-10-8-11-4-2-3-5-13(11)15-7-6-12(16)9-14(10)15/h2-5H,6-9H2,1H3. The predicted octanol–water partition coefficient (Wildman–Crippen LogP) is 2.69. The molecule has 1 saturated heterocycles. The highest BCUT2D eigenvalue weighted by Crippen LogP contribution is 2.36. The van der Waals surface area contributed by atoms with Crippen LogP contribution in [-0.4, -0.2) is 12.3 Å². The van der Waals surface area contributed by atoms with Gasteiger partial charge in [-0.15, -0.1) is 0 Å². The minimum Gasteiger partial charge on any atom is -0.344 e. The molecule has 1 aromatic rings. The molecule has 3 rings (SSSR count). The normalized spacial score (nSPS) is 19.6. The number of carbonyl (C=O) groups is 1. The van der Waals surface area contributed by atoms with Crippen LogP contribution in [-0.2, 0) is 11.2 Å². The Balaban J connectivity index is 2.09. The number of Topliss-reactive ketones (excluding diaryl/α,β-unsaturated/α-hetero) is 1. The van der Waals surface area contributed by atoms with Gasteiger partial charge >= 0.3 is 0 Å². The Bertz CT molecular complexity index is 487. The Morgan fingerprint density at radius 3 is 2.88 bits per heavy atom. The fraction of sp³-hybridized carbons (Fsp3) is 0.357. The Kier molecular flexibility index (Phi) is 2.10. The van der Waals surface area contributed by atoms with Crippen LogP contribution in [0.5, 0.6) is 0 Å². The van der Waals surface area contributed by atoms with Crippen LogP contribution in [0.4, 0.5) is 5.69 Å². The Morgan fingerprint density at radius 2 is 2.00 bits per heavy atom. The summed E-state index contributed by atoms with van der Waals surface area (Å²) in [5.41, 5.74) is 5.29. The van der Waals surface area contributed by atoms with Gasteiger partial charge in [-0.25, -0.2) is 0 Å². The van der Waals surface area contributed by atoms with Crippen molar-refractivity contribution < 1.29 is 4.79 Å². The van der Waals surface area contributed by atoms with Gasteiger partial charge in [0.15, 0.2) is 0 Å². The van der Waals surface area contributed by atoms with Crippen molar-refractivity contribution in [1.29, 1.82) is 0 Å². The molecular formula is C14H15NO. The summed E-state index contributed by atoms with van der Waals surface area (Å²) in [7, 11) is 0. The molecule has 16 heavy (non-hydrogen) atoms. The van der Waals surface area contributed by atoms with Gasteiger partial charge in [-0.05, 0) is 30.5 Å². The second kappa shape index (κ2) is 3.48. The number of fused-ring (bicyclic) bond motifs is 3. The zero-order valence-electron chi connectivity index (χ0n) is 9.49. The van der Waals surface area contributed by atoms with Gasteiger partial charge in [0.25, 0.3) is 0 Å². The minimum atomic E-state index is 0.380. The molecule has 2 nitrogen and oxygen atoms in total. The Morgan fingerprint density at radius 1 is 1.19 bits per heavy atom. The van der Waals surface area contributed by atoms with E-state index in [9.17, 15) is 4.79 Å². The molecule has 0 unspecified atom stereocenters. The van der Waals surface area contributed by atoms with Crippen LogP contribution in [0, 0.1) is 0 Å². The average Bonchev–Trinajstić information content (AvgIpc) is 2.29. The number of carbonyl (C=O) groups excluding carboxylic acids is 1. The van der Waals surface area contributed by atoms with E-state index in [1.807, 2.05) is 0 Å². The van der Waals surface area contributed by atoms with Gasteiger partial charge < -0.3 is 4.90 Å². The number of nitrogens with zero attached hydrogens (tertiary/aromatic N) is 1. The zero-order valence-corrected chi connectivity index (χ0v) is 9.49. The smallest absolute Gasteiger partial charge is 0.140 e. The summed E-state index contributed by atoms with van der Waals surface area (Å²) in [5.74, 6) is 0.380. The van der Waals surface area contributed by atoms with Crippen molar-refractivity contribution in [2.75, 3.05) is 11.4 Å². The van der Waals surface area contributed by atoms with Crippen LogP contribution < -0.4 is 4.90 Å². The summed E-state index contributed by atoms with van der Waals surface area (Å²) in [6.07, 6.45) is 2.31. The number of hydrogen-bond acceptors (Lipinski definition) is 2. The molecule has 2 heterocycles. The maximum absolute atomic E-state index is 11.5. The molecule has 1 fully saturated rings. The monoisotopic (exact) mass is 213 g/mol. The van der Waals surface area contributed by atoms with Gasteiger partial charge in [-0.3, -0.25) is 4.79 Å². The van der Waals surface area contributed by atoms with Crippen LogP contribution in [0.1, 0.15) is 25.3 Å². The van der Waals surface area contributed by atoms with E-state index in [0.29, 0.717) is 18.6 Å². The second-order valence-electron chi connectivity index (χ2n) is 4.65. The minimum absolute atomic E-state index is 0.380. The molecule has 0 saturated carbocycles. The highest BCUT2D eigenvalue weighted by molar-refractivity contribution is 5.85. The van der Waals surface area contributed by atoms with E-state index in [1.54, 1.807) is 0 Å². The van der Waals surface area contributed by atoms with Gasteiger partial charge in [0.2, 0.25) is 0 Å². The maximum atomic E-state index is 11.5. The molecule has 2 aliphatic rings. The molecule has 0 radical (unpaired) electrons. The van der Waals surface area contributed by atoms with Crippen molar-refractivity contribution in [2.45, 2.75) is 26.2 Å². The number of benzene rings is 1. The van der Waals surface area contributed by atoms with Gasteiger partial charge in [-0.1, -0.05) is 18.2 Å². The third-order valence-corrected chi connectivity index (χ3v) is 3.54. The zero-order chi connectivity index (χ0) is 11.1. The quantitative estimate of drug-likeness (QED) is 0.660. The summed E-state index contributed by atoms with van der Waals surface area (Å²) in [6, 6.07) is 8.52. The summed E-state index contributed by atoms with van der Waals surface area (Å²) >= 11 is 0.